The number of carbonyl (C=O) groups is 1. The minimum atomic E-state index is -3.97. The van der Waals surface area contributed by atoms with Crippen LogP contribution in [0, 0.1) is 5.82 Å². The number of hydrogen-bond acceptors (Lipinski definition) is 4. The standard InChI is InChI=1S/C23H21FN2O3S2/c24-19-13-12-17(16-22(19)31(28,29)26-14-6-7-15-26)23(27)25-20-10-4-5-11-21(20)30-18-8-2-1-3-9-18/h1-5,8-13,16H,6-7,14-15H2,(H,25,27). The molecular formula is C23H21FN2O3S2. The number of halogens is 1. The lowest BCUT2D eigenvalue weighted by atomic mass is 10.2. The highest BCUT2D eigenvalue weighted by atomic mass is 32.2. The Kier molecular flexibility index (Phi) is 6.41. The summed E-state index contributed by atoms with van der Waals surface area (Å²) >= 11 is 1.50. The molecule has 0 bridgehead atoms. The fraction of sp³-hybridized carbons (Fsp3) is 0.174. The van der Waals surface area contributed by atoms with Crippen LogP contribution in [-0.2, 0) is 10.0 Å². The molecule has 31 heavy (non-hydrogen) atoms. The van der Waals surface area contributed by atoms with Crippen LogP contribution in [0.2, 0.25) is 0 Å². The van der Waals surface area contributed by atoms with Crippen molar-refractivity contribution < 1.29 is 17.6 Å². The van der Waals surface area contributed by atoms with Gasteiger partial charge in [-0.05, 0) is 55.3 Å². The molecule has 0 atom stereocenters. The van der Waals surface area contributed by atoms with E-state index in [2.05, 4.69) is 5.32 Å². The minimum absolute atomic E-state index is 0.0821. The van der Waals surface area contributed by atoms with Crippen LogP contribution in [0.25, 0.3) is 0 Å². The van der Waals surface area contributed by atoms with Crippen molar-refractivity contribution in [3.63, 3.8) is 0 Å². The van der Waals surface area contributed by atoms with E-state index in [1.54, 1.807) is 12.1 Å². The number of para-hydroxylation sites is 1. The molecule has 3 aromatic rings. The van der Waals surface area contributed by atoms with E-state index in [0.717, 1.165) is 34.8 Å². The molecule has 5 nitrogen and oxygen atoms in total. The van der Waals surface area contributed by atoms with E-state index < -0.39 is 26.6 Å². The minimum Gasteiger partial charge on any atom is -0.321 e. The monoisotopic (exact) mass is 456 g/mol. The number of hydrogen-bond donors (Lipinski definition) is 1. The quantitative estimate of drug-likeness (QED) is 0.566. The van der Waals surface area contributed by atoms with Crippen LogP contribution in [-0.4, -0.2) is 31.7 Å². The Bertz CT molecular complexity index is 1190. The van der Waals surface area contributed by atoms with Crippen LogP contribution in [0.3, 0.4) is 0 Å². The van der Waals surface area contributed by atoms with E-state index in [1.807, 2.05) is 42.5 Å². The van der Waals surface area contributed by atoms with Crippen molar-refractivity contribution in [1.82, 2.24) is 4.31 Å². The Hall–Kier alpha value is -2.68. The Morgan fingerprint density at radius 2 is 1.61 bits per heavy atom. The molecule has 1 aliphatic heterocycles. The van der Waals surface area contributed by atoms with Crippen LogP contribution < -0.4 is 5.32 Å². The molecule has 0 unspecified atom stereocenters. The number of sulfonamides is 1. The van der Waals surface area contributed by atoms with Crippen molar-refractivity contribution >= 4 is 33.4 Å². The summed E-state index contributed by atoms with van der Waals surface area (Å²) in [4.78, 5) is 14.3. The Balaban J connectivity index is 1.59. The first kappa shape index (κ1) is 21.5. The van der Waals surface area contributed by atoms with Crippen LogP contribution in [0.1, 0.15) is 23.2 Å². The molecule has 160 valence electrons. The number of anilines is 1. The smallest absolute Gasteiger partial charge is 0.255 e. The van der Waals surface area contributed by atoms with Gasteiger partial charge in [-0.15, -0.1) is 0 Å². The van der Waals surface area contributed by atoms with Crippen molar-refractivity contribution in [2.75, 3.05) is 18.4 Å². The summed E-state index contributed by atoms with van der Waals surface area (Å²) in [6, 6.07) is 20.5. The third kappa shape index (κ3) is 4.81. The lowest BCUT2D eigenvalue weighted by Crippen LogP contribution is -2.29. The first-order valence-corrected chi connectivity index (χ1v) is 12.1. The molecule has 1 N–H and O–H groups in total. The van der Waals surface area contributed by atoms with E-state index >= 15 is 0 Å². The molecule has 1 fully saturated rings. The predicted molar refractivity (Wildman–Crippen MR) is 119 cm³/mol. The van der Waals surface area contributed by atoms with Crippen molar-refractivity contribution in [2.45, 2.75) is 27.5 Å². The normalized spacial score (nSPS) is 14.5. The van der Waals surface area contributed by atoms with Crippen molar-refractivity contribution in [3.8, 4) is 0 Å². The number of benzene rings is 3. The molecule has 0 aromatic heterocycles. The first-order chi connectivity index (χ1) is 14.9. The average Bonchev–Trinajstić information content (AvgIpc) is 3.32. The van der Waals surface area contributed by atoms with Gasteiger partial charge in [-0.2, -0.15) is 4.31 Å². The van der Waals surface area contributed by atoms with E-state index in [9.17, 15) is 17.6 Å². The Labute approximate surface area is 185 Å². The maximum Gasteiger partial charge on any atom is 0.255 e. The molecule has 8 heteroatoms. The molecule has 1 amide bonds. The Morgan fingerprint density at radius 1 is 0.935 bits per heavy atom. The summed E-state index contributed by atoms with van der Waals surface area (Å²) in [5.41, 5.74) is 0.674. The number of nitrogens with zero attached hydrogens (tertiary/aromatic N) is 1. The Morgan fingerprint density at radius 3 is 2.35 bits per heavy atom. The highest BCUT2D eigenvalue weighted by Crippen LogP contribution is 2.33. The van der Waals surface area contributed by atoms with Gasteiger partial charge in [0.1, 0.15) is 10.7 Å². The van der Waals surface area contributed by atoms with Gasteiger partial charge in [-0.1, -0.05) is 42.1 Å². The average molecular weight is 457 g/mol. The maximum absolute atomic E-state index is 14.4. The molecule has 0 aliphatic carbocycles. The summed E-state index contributed by atoms with van der Waals surface area (Å²) in [6.45, 7) is 0.727. The molecule has 0 radical (unpaired) electrons. The summed E-state index contributed by atoms with van der Waals surface area (Å²) in [5, 5.41) is 2.82. The fourth-order valence-electron chi connectivity index (χ4n) is 3.38. The summed E-state index contributed by atoms with van der Waals surface area (Å²) < 4.78 is 41.2. The molecule has 1 saturated heterocycles. The number of carbonyl (C=O) groups excluding carboxylic acids is 1. The third-order valence-electron chi connectivity index (χ3n) is 4.98. The maximum atomic E-state index is 14.4. The van der Waals surface area contributed by atoms with Gasteiger partial charge >= 0.3 is 0 Å². The molecule has 0 spiro atoms. The first-order valence-electron chi connectivity index (χ1n) is 9.88. The summed E-state index contributed by atoms with van der Waals surface area (Å²) in [7, 11) is -3.97. The van der Waals surface area contributed by atoms with Crippen molar-refractivity contribution in [1.29, 1.82) is 0 Å². The second kappa shape index (κ2) is 9.21. The van der Waals surface area contributed by atoms with Crippen molar-refractivity contribution in [2.24, 2.45) is 0 Å². The van der Waals surface area contributed by atoms with Gasteiger partial charge in [0.15, 0.2) is 0 Å². The highest BCUT2D eigenvalue weighted by Gasteiger charge is 2.30. The van der Waals surface area contributed by atoms with Crippen LogP contribution >= 0.6 is 11.8 Å². The zero-order chi connectivity index (χ0) is 21.8. The zero-order valence-corrected chi connectivity index (χ0v) is 18.3. The molecule has 1 aliphatic rings. The predicted octanol–water partition coefficient (Wildman–Crippen LogP) is 5.01. The summed E-state index contributed by atoms with van der Waals surface area (Å²) in [5.74, 6) is -1.36. The van der Waals surface area contributed by atoms with Gasteiger partial charge in [0.25, 0.3) is 5.91 Å². The second-order valence-corrected chi connectivity index (χ2v) is 10.1. The van der Waals surface area contributed by atoms with Gasteiger partial charge in [-0.25, -0.2) is 12.8 Å². The molecule has 1 heterocycles. The van der Waals surface area contributed by atoms with Crippen LogP contribution in [0.15, 0.2) is 87.5 Å². The van der Waals surface area contributed by atoms with E-state index in [-0.39, 0.29) is 5.56 Å². The lowest BCUT2D eigenvalue weighted by molar-refractivity contribution is 0.102. The van der Waals surface area contributed by atoms with Gasteiger partial charge in [-0.3, -0.25) is 4.79 Å². The van der Waals surface area contributed by atoms with Gasteiger partial charge < -0.3 is 5.32 Å². The zero-order valence-electron chi connectivity index (χ0n) is 16.6. The summed E-state index contributed by atoms with van der Waals surface area (Å²) in [6.07, 6.45) is 1.49. The molecule has 4 rings (SSSR count). The van der Waals surface area contributed by atoms with Gasteiger partial charge in [0, 0.05) is 28.4 Å². The fourth-order valence-corrected chi connectivity index (χ4v) is 5.91. The number of nitrogens with one attached hydrogen (secondary N) is 1. The largest absolute Gasteiger partial charge is 0.321 e. The SMILES string of the molecule is O=C(Nc1ccccc1Sc1ccccc1)c1ccc(F)c(S(=O)(=O)N2CCCC2)c1. The van der Waals surface area contributed by atoms with Gasteiger partial charge in [0.05, 0.1) is 5.69 Å². The lowest BCUT2D eigenvalue weighted by Gasteiger charge is -2.17. The molecule has 0 saturated carbocycles. The molecular weight excluding hydrogens is 435 g/mol. The third-order valence-corrected chi connectivity index (χ3v) is 7.98. The number of amides is 1. The van der Waals surface area contributed by atoms with E-state index in [0.29, 0.717) is 18.8 Å². The van der Waals surface area contributed by atoms with E-state index in [1.165, 1.54) is 22.1 Å². The van der Waals surface area contributed by atoms with Crippen LogP contribution in [0.4, 0.5) is 10.1 Å². The highest BCUT2D eigenvalue weighted by molar-refractivity contribution is 7.99. The van der Waals surface area contributed by atoms with Crippen LogP contribution in [0.5, 0.6) is 0 Å². The number of rotatable bonds is 6. The van der Waals surface area contributed by atoms with Crippen molar-refractivity contribution in [3.05, 3.63) is 84.2 Å². The van der Waals surface area contributed by atoms with Gasteiger partial charge in [0.2, 0.25) is 10.0 Å². The second-order valence-electron chi connectivity index (χ2n) is 7.12. The van der Waals surface area contributed by atoms with E-state index in [4.69, 9.17) is 0 Å². The molecule has 3 aromatic carbocycles. The topological polar surface area (TPSA) is 66.5 Å².